The number of rotatable bonds is 4. The summed E-state index contributed by atoms with van der Waals surface area (Å²) < 4.78 is 50.3. The van der Waals surface area contributed by atoms with Crippen LogP contribution in [-0.2, 0) is 6.18 Å². The molecule has 1 aromatic rings. The number of nitrogens with one attached hydrogen (secondary N) is 1. The first kappa shape index (κ1) is 15.0. The SMILES string of the molecule is N#CCCCNC(=O)c1ccc(F)c(C(F)(F)F)c1. The van der Waals surface area contributed by atoms with Gasteiger partial charge in [0.1, 0.15) is 5.82 Å². The second kappa shape index (κ2) is 6.18. The fourth-order valence-electron chi connectivity index (χ4n) is 1.36. The molecule has 0 heterocycles. The Kier molecular flexibility index (Phi) is 4.87. The van der Waals surface area contributed by atoms with E-state index >= 15 is 0 Å². The summed E-state index contributed by atoms with van der Waals surface area (Å²) in [5.41, 5.74) is -1.75. The lowest BCUT2D eigenvalue weighted by Crippen LogP contribution is -2.25. The Morgan fingerprint density at radius 3 is 2.63 bits per heavy atom. The molecule has 0 spiro atoms. The van der Waals surface area contributed by atoms with E-state index in [0.717, 1.165) is 6.07 Å². The van der Waals surface area contributed by atoms with Crippen LogP contribution in [0.3, 0.4) is 0 Å². The number of amides is 1. The Labute approximate surface area is 106 Å². The average molecular weight is 274 g/mol. The normalized spacial score (nSPS) is 10.9. The highest BCUT2D eigenvalue weighted by molar-refractivity contribution is 5.94. The smallest absolute Gasteiger partial charge is 0.352 e. The third-order valence-electron chi connectivity index (χ3n) is 2.28. The van der Waals surface area contributed by atoms with Gasteiger partial charge in [0, 0.05) is 18.5 Å². The maximum absolute atomic E-state index is 13.0. The van der Waals surface area contributed by atoms with Crippen LogP contribution in [0.1, 0.15) is 28.8 Å². The molecule has 1 aromatic carbocycles. The quantitative estimate of drug-likeness (QED) is 0.678. The maximum atomic E-state index is 13.0. The van der Waals surface area contributed by atoms with Crippen molar-refractivity contribution in [3.63, 3.8) is 0 Å². The fourth-order valence-corrected chi connectivity index (χ4v) is 1.36. The van der Waals surface area contributed by atoms with Crippen LogP contribution in [0.25, 0.3) is 0 Å². The first-order chi connectivity index (χ1) is 8.86. The number of hydrogen-bond donors (Lipinski definition) is 1. The Morgan fingerprint density at radius 2 is 2.05 bits per heavy atom. The van der Waals surface area contributed by atoms with E-state index in [9.17, 15) is 22.4 Å². The molecule has 0 bridgehead atoms. The summed E-state index contributed by atoms with van der Waals surface area (Å²) in [5.74, 6) is -2.16. The van der Waals surface area contributed by atoms with Gasteiger partial charge in [-0.3, -0.25) is 4.79 Å². The summed E-state index contributed by atoms with van der Waals surface area (Å²) in [7, 11) is 0. The van der Waals surface area contributed by atoms with Crippen molar-refractivity contribution in [2.45, 2.75) is 19.0 Å². The minimum atomic E-state index is -4.85. The maximum Gasteiger partial charge on any atom is 0.419 e. The second-order valence-corrected chi connectivity index (χ2v) is 3.71. The summed E-state index contributed by atoms with van der Waals surface area (Å²) in [5, 5.41) is 10.6. The van der Waals surface area contributed by atoms with Crippen molar-refractivity contribution in [2.24, 2.45) is 0 Å². The second-order valence-electron chi connectivity index (χ2n) is 3.71. The summed E-state index contributed by atoms with van der Waals surface area (Å²) >= 11 is 0. The van der Waals surface area contributed by atoms with Gasteiger partial charge in [0.15, 0.2) is 0 Å². The van der Waals surface area contributed by atoms with E-state index < -0.39 is 23.5 Å². The minimum absolute atomic E-state index is 0.172. The molecule has 102 valence electrons. The molecule has 0 aliphatic rings. The number of unbranched alkanes of at least 4 members (excludes halogenated alkanes) is 1. The highest BCUT2D eigenvalue weighted by Crippen LogP contribution is 2.31. The van der Waals surface area contributed by atoms with Gasteiger partial charge < -0.3 is 5.32 Å². The van der Waals surface area contributed by atoms with Gasteiger partial charge >= 0.3 is 6.18 Å². The molecule has 3 nitrogen and oxygen atoms in total. The van der Waals surface area contributed by atoms with E-state index in [2.05, 4.69) is 5.32 Å². The van der Waals surface area contributed by atoms with E-state index in [1.165, 1.54) is 0 Å². The molecule has 19 heavy (non-hydrogen) atoms. The number of carbonyl (C=O) groups excluding carboxylic acids is 1. The van der Waals surface area contributed by atoms with Crippen molar-refractivity contribution in [3.05, 3.63) is 35.1 Å². The molecule has 0 aliphatic carbocycles. The summed E-state index contributed by atoms with van der Waals surface area (Å²) in [6.45, 7) is 0.172. The molecule has 0 fully saturated rings. The monoisotopic (exact) mass is 274 g/mol. The van der Waals surface area contributed by atoms with Gasteiger partial charge in [-0.2, -0.15) is 18.4 Å². The van der Waals surface area contributed by atoms with Gasteiger partial charge in [-0.15, -0.1) is 0 Å². The highest BCUT2D eigenvalue weighted by Gasteiger charge is 2.34. The van der Waals surface area contributed by atoms with E-state index in [0.29, 0.717) is 18.6 Å². The van der Waals surface area contributed by atoms with E-state index in [1.807, 2.05) is 6.07 Å². The van der Waals surface area contributed by atoms with Crippen LogP contribution in [0.15, 0.2) is 18.2 Å². The van der Waals surface area contributed by atoms with E-state index in [-0.39, 0.29) is 18.5 Å². The average Bonchev–Trinajstić information content (AvgIpc) is 2.33. The Balaban J connectivity index is 2.79. The van der Waals surface area contributed by atoms with Crippen LogP contribution in [0.5, 0.6) is 0 Å². The van der Waals surface area contributed by atoms with Crippen LogP contribution in [0.2, 0.25) is 0 Å². The molecule has 0 saturated heterocycles. The van der Waals surface area contributed by atoms with Gasteiger partial charge in [0.25, 0.3) is 5.91 Å². The zero-order valence-electron chi connectivity index (χ0n) is 9.72. The van der Waals surface area contributed by atoms with Crippen LogP contribution >= 0.6 is 0 Å². The first-order valence-electron chi connectivity index (χ1n) is 5.38. The third-order valence-corrected chi connectivity index (χ3v) is 2.28. The van der Waals surface area contributed by atoms with Gasteiger partial charge in [0.05, 0.1) is 11.6 Å². The van der Waals surface area contributed by atoms with E-state index in [1.54, 1.807) is 0 Å². The van der Waals surface area contributed by atoms with Crippen molar-refractivity contribution in [1.82, 2.24) is 5.32 Å². The van der Waals surface area contributed by atoms with Gasteiger partial charge in [-0.05, 0) is 24.6 Å². The molecule has 0 radical (unpaired) electrons. The van der Waals surface area contributed by atoms with Crippen molar-refractivity contribution < 1.29 is 22.4 Å². The number of benzene rings is 1. The number of nitriles is 1. The van der Waals surface area contributed by atoms with Crippen LogP contribution < -0.4 is 5.32 Å². The van der Waals surface area contributed by atoms with Gasteiger partial charge in [0.2, 0.25) is 0 Å². The highest BCUT2D eigenvalue weighted by atomic mass is 19.4. The molecule has 0 saturated carbocycles. The van der Waals surface area contributed by atoms with Crippen molar-refractivity contribution in [2.75, 3.05) is 6.54 Å². The minimum Gasteiger partial charge on any atom is -0.352 e. The lowest BCUT2D eigenvalue weighted by atomic mass is 10.1. The van der Waals surface area contributed by atoms with Gasteiger partial charge in [-0.25, -0.2) is 4.39 Å². The number of nitrogens with zero attached hydrogens (tertiary/aromatic N) is 1. The number of carbonyl (C=O) groups is 1. The molecule has 1 N–H and O–H groups in total. The molecule has 1 rings (SSSR count). The number of hydrogen-bond acceptors (Lipinski definition) is 2. The number of alkyl halides is 3. The molecular formula is C12H10F4N2O. The molecule has 7 heteroatoms. The lowest BCUT2D eigenvalue weighted by Gasteiger charge is -2.10. The lowest BCUT2D eigenvalue weighted by molar-refractivity contribution is -0.140. The Hall–Kier alpha value is -2.10. The molecule has 1 amide bonds. The molecular weight excluding hydrogens is 264 g/mol. The fraction of sp³-hybridized carbons (Fsp3) is 0.333. The first-order valence-corrected chi connectivity index (χ1v) is 5.38. The summed E-state index contributed by atoms with van der Waals surface area (Å²) in [4.78, 5) is 11.5. The molecule has 0 atom stereocenters. The van der Waals surface area contributed by atoms with Crippen molar-refractivity contribution in [3.8, 4) is 6.07 Å². The largest absolute Gasteiger partial charge is 0.419 e. The standard InChI is InChI=1S/C12H10F4N2O/c13-10-4-3-8(7-9(10)12(14,15)16)11(19)18-6-2-1-5-17/h3-4,7H,1-2,6H2,(H,18,19). The van der Waals surface area contributed by atoms with Crippen LogP contribution in [-0.4, -0.2) is 12.5 Å². The Morgan fingerprint density at radius 1 is 1.37 bits per heavy atom. The molecule has 0 aliphatic heterocycles. The zero-order chi connectivity index (χ0) is 14.5. The van der Waals surface area contributed by atoms with Crippen molar-refractivity contribution >= 4 is 5.91 Å². The van der Waals surface area contributed by atoms with E-state index in [4.69, 9.17) is 5.26 Å². The van der Waals surface area contributed by atoms with Crippen LogP contribution in [0, 0.1) is 17.1 Å². The zero-order valence-corrected chi connectivity index (χ0v) is 9.72. The topological polar surface area (TPSA) is 52.9 Å². The Bertz CT molecular complexity index is 505. The van der Waals surface area contributed by atoms with Gasteiger partial charge in [-0.1, -0.05) is 0 Å². The predicted molar refractivity (Wildman–Crippen MR) is 58.6 cm³/mol. The molecule has 0 aromatic heterocycles. The summed E-state index contributed by atoms with van der Waals surface area (Å²) in [6, 6.07) is 3.92. The predicted octanol–water partition coefficient (Wildman–Crippen LogP) is 2.88. The van der Waals surface area contributed by atoms with Crippen LogP contribution in [0.4, 0.5) is 17.6 Å². The summed E-state index contributed by atoms with van der Waals surface area (Å²) in [6.07, 6.45) is -4.21. The third kappa shape index (κ3) is 4.25. The number of halogens is 4. The van der Waals surface area contributed by atoms with Crippen molar-refractivity contribution in [1.29, 1.82) is 5.26 Å². The molecule has 0 unspecified atom stereocenters.